The summed E-state index contributed by atoms with van der Waals surface area (Å²) in [5.41, 5.74) is 3.83. The SMILES string of the molecule is Cc1cc(=O)n(C)cc1-c1cccc(NSN(C)O)c1. The molecule has 106 valence electrons. The Hall–Kier alpha value is -1.76. The van der Waals surface area contributed by atoms with E-state index in [1.54, 1.807) is 24.7 Å². The highest BCUT2D eigenvalue weighted by Crippen LogP contribution is 2.25. The molecular weight excluding hydrogens is 274 g/mol. The Morgan fingerprint density at radius 1 is 1.35 bits per heavy atom. The fraction of sp³-hybridized carbons (Fsp3) is 0.214. The lowest BCUT2D eigenvalue weighted by Gasteiger charge is -2.12. The summed E-state index contributed by atoms with van der Waals surface area (Å²) in [5, 5.41) is 9.11. The van der Waals surface area contributed by atoms with Crippen LogP contribution in [0.15, 0.2) is 41.3 Å². The molecule has 0 spiro atoms. The molecule has 1 aromatic carbocycles. The maximum atomic E-state index is 11.6. The number of anilines is 1. The topological polar surface area (TPSA) is 57.5 Å². The van der Waals surface area contributed by atoms with Gasteiger partial charge in [-0.15, -0.1) is 4.47 Å². The van der Waals surface area contributed by atoms with E-state index in [4.69, 9.17) is 5.21 Å². The van der Waals surface area contributed by atoms with Gasteiger partial charge in [0.05, 0.1) is 12.1 Å². The third-order valence-corrected chi connectivity index (χ3v) is 3.50. The van der Waals surface area contributed by atoms with E-state index in [-0.39, 0.29) is 5.56 Å². The zero-order valence-corrected chi connectivity index (χ0v) is 12.4. The van der Waals surface area contributed by atoms with Gasteiger partial charge in [0.1, 0.15) is 0 Å². The average Bonchev–Trinajstić information content (AvgIpc) is 2.41. The molecule has 1 aromatic heterocycles. The van der Waals surface area contributed by atoms with E-state index < -0.39 is 0 Å². The third-order valence-electron chi connectivity index (χ3n) is 2.90. The van der Waals surface area contributed by atoms with Crippen LogP contribution in [0.1, 0.15) is 5.56 Å². The molecule has 0 atom stereocenters. The van der Waals surface area contributed by atoms with E-state index >= 15 is 0 Å². The molecule has 1 heterocycles. The summed E-state index contributed by atoms with van der Waals surface area (Å²) >= 11 is 1.08. The highest BCUT2D eigenvalue weighted by Gasteiger charge is 2.05. The first-order chi connectivity index (χ1) is 9.47. The van der Waals surface area contributed by atoms with Gasteiger partial charge in [-0.1, -0.05) is 12.1 Å². The largest absolute Gasteiger partial charge is 0.318 e. The van der Waals surface area contributed by atoms with Crippen molar-refractivity contribution in [1.82, 2.24) is 9.04 Å². The van der Waals surface area contributed by atoms with Crippen LogP contribution in [0.2, 0.25) is 0 Å². The van der Waals surface area contributed by atoms with Gasteiger partial charge in [0.15, 0.2) is 0 Å². The van der Waals surface area contributed by atoms with Gasteiger partial charge < -0.3 is 14.5 Å². The van der Waals surface area contributed by atoms with Gasteiger partial charge in [-0.25, -0.2) is 0 Å². The van der Waals surface area contributed by atoms with Gasteiger partial charge in [0.2, 0.25) is 0 Å². The highest BCUT2D eigenvalue weighted by atomic mass is 32.2. The molecule has 2 rings (SSSR count). The summed E-state index contributed by atoms with van der Waals surface area (Å²) in [6.45, 7) is 1.92. The number of aromatic nitrogens is 1. The van der Waals surface area contributed by atoms with E-state index in [0.29, 0.717) is 0 Å². The summed E-state index contributed by atoms with van der Waals surface area (Å²) in [6, 6.07) is 9.44. The zero-order valence-electron chi connectivity index (χ0n) is 11.6. The fourth-order valence-corrected chi connectivity index (χ4v) is 2.26. The molecule has 0 saturated heterocycles. The molecule has 2 aromatic rings. The Morgan fingerprint density at radius 2 is 2.10 bits per heavy atom. The minimum Gasteiger partial charge on any atom is -0.318 e. The Kier molecular flexibility index (Phi) is 4.49. The monoisotopic (exact) mass is 291 g/mol. The van der Waals surface area contributed by atoms with Crippen molar-refractivity contribution in [1.29, 1.82) is 0 Å². The first-order valence-electron chi connectivity index (χ1n) is 6.10. The Morgan fingerprint density at radius 3 is 2.80 bits per heavy atom. The number of pyridine rings is 1. The van der Waals surface area contributed by atoms with Crippen molar-refractivity contribution >= 4 is 17.8 Å². The first-order valence-corrected chi connectivity index (χ1v) is 6.88. The molecule has 0 aliphatic heterocycles. The Labute approximate surface area is 122 Å². The summed E-state index contributed by atoms with van der Waals surface area (Å²) in [6.07, 6.45) is 1.84. The number of nitrogens with one attached hydrogen (secondary N) is 1. The molecule has 2 N–H and O–H groups in total. The summed E-state index contributed by atoms with van der Waals surface area (Å²) in [5.74, 6) is 0. The fourth-order valence-electron chi connectivity index (χ4n) is 1.90. The number of nitrogens with zero attached hydrogens (tertiary/aromatic N) is 2. The molecule has 0 aliphatic carbocycles. The van der Waals surface area contributed by atoms with Gasteiger partial charge in [-0.3, -0.25) is 4.79 Å². The molecule has 0 bridgehead atoms. The van der Waals surface area contributed by atoms with Gasteiger partial charge in [-0.2, -0.15) is 0 Å². The molecule has 0 saturated carbocycles. The van der Waals surface area contributed by atoms with Crippen LogP contribution in [-0.2, 0) is 7.05 Å². The van der Waals surface area contributed by atoms with E-state index in [2.05, 4.69) is 4.72 Å². The van der Waals surface area contributed by atoms with E-state index in [9.17, 15) is 4.79 Å². The van der Waals surface area contributed by atoms with Crippen molar-refractivity contribution in [2.24, 2.45) is 7.05 Å². The number of hydroxylamine groups is 1. The number of hydrogen-bond donors (Lipinski definition) is 2. The van der Waals surface area contributed by atoms with Crippen molar-refractivity contribution in [3.63, 3.8) is 0 Å². The minimum absolute atomic E-state index is 0.0157. The normalized spacial score (nSPS) is 10.8. The van der Waals surface area contributed by atoms with Crippen molar-refractivity contribution in [3.8, 4) is 11.1 Å². The van der Waals surface area contributed by atoms with Crippen LogP contribution in [0.5, 0.6) is 0 Å². The van der Waals surface area contributed by atoms with Crippen molar-refractivity contribution in [2.75, 3.05) is 11.8 Å². The molecule has 0 unspecified atom stereocenters. The van der Waals surface area contributed by atoms with Crippen LogP contribution in [0.4, 0.5) is 5.69 Å². The second kappa shape index (κ2) is 6.13. The second-order valence-corrected chi connectivity index (χ2v) is 5.47. The van der Waals surface area contributed by atoms with Gasteiger partial charge in [0, 0.05) is 37.6 Å². The molecule has 0 radical (unpaired) electrons. The molecule has 5 nitrogen and oxygen atoms in total. The predicted octanol–water partition coefficient (Wildman–Crippen LogP) is 2.66. The summed E-state index contributed by atoms with van der Waals surface area (Å²) < 4.78 is 5.58. The van der Waals surface area contributed by atoms with Crippen LogP contribution in [0.25, 0.3) is 11.1 Å². The van der Waals surface area contributed by atoms with E-state index in [0.717, 1.165) is 39.0 Å². The van der Waals surface area contributed by atoms with Crippen molar-refractivity contribution < 1.29 is 5.21 Å². The predicted molar refractivity (Wildman–Crippen MR) is 82.6 cm³/mol. The van der Waals surface area contributed by atoms with Gasteiger partial charge >= 0.3 is 0 Å². The summed E-state index contributed by atoms with van der Waals surface area (Å²) in [7, 11) is 3.28. The molecule has 0 fully saturated rings. The molecule has 0 amide bonds. The van der Waals surface area contributed by atoms with Gasteiger partial charge in [-0.05, 0) is 30.2 Å². The standard InChI is InChI=1S/C14H17N3O2S/c1-10-7-14(18)16(2)9-13(10)11-5-4-6-12(8-11)15-20-17(3)19/h4-9,15,19H,1-3H3. The number of hydrogen-bond acceptors (Lipinski definition) is 5. The van der Waals surface area contributed by atoms with Crippen LogP contribution < -0.4 is 10.3 Å². The van der Waals surface area contributed by atoms with Crippen LogP contribution in [-0.4, -0.2) is 21.3 Å². The van der Waals surface area contributed by atoms with Crippen LogP contribution in [0.3, 0.4) is 0 Å². The smallest absolute Gasteiger partial charge is 0.250 e. The number of benzene rings is 1. The first kappa shape index (κ1) is 14.6. The Balaban J connectivity index is 2.36. The quantitative estimate of drug-likeness (QED) is 0.670. The maximum Gasteiger partial charge on any atom is 0.250 e. The van der Waals surface area contributed by atoms with Crippen molar-refractivity contribution in [3.05, 3.63) is 52.4 Å². The third kappa shape index (κ3) is 3.41. The maximum absolute atomic E-state index is 11.6. The van der Waals surface area contributed by atoms with E-state index in [1.807, 2.05) is 37.4 Å². The van der Waals surface area contributed by atoms with Crippen LogP contribution >= 0.6 is 12.1 Å². The lowest BCUT2D eigenvalue weighted by Crippen LogP contribution is -2.15. The Bertz CT molecular complexity index is 668. The molecular formula is C14H17N3O2S. The second-order valence-electron chi connectivity index (χ2n) is 4.56. The highest BCUT2D eigenvalue weighted by molar-refractivity contribution is 7.98. The van der Waals surface area contributed by atoms with Crippen LogP contribution in [0, 0.1) is 6.92 Å². The zero-order chi connectivity index (χ0) is 14.7. The van der Waals surface area contributed by atoms with Crippen molar-refractivity contribution in [2.45, 2.75) is 6.92 Å². The number of aryl methyl sites for hydroxylation is 2. The molecule has 6 heteroatoms. The molecule has 0 aliphatic rings. The summed E-state index contributed by atoms with van der Waals surface area (Å²) in [4.78, 5) is 11.6. The lowest BCUT2D eigenvalue weighted by atomic mass is 10.0. The van der Waals surface area contributed by atoms with E-state index in [1.165, 1.54) is 0 Å². The lowest BCUT2D eigenvalue weighted by molar-refractivity contribution is 0.0459. The molecule has 20 heavy (non-hydrogen) atoms. The average molecular weight is 291 g/mol. The van der Waals surface area contributed by atoms with Gasteiger partial charge in [0.25, 0.3) is 5.56 Å². The number of rotatable bonds is 4. The minimum atomic E-state index is -0.0157.